The standard InChI is InChI=1S/C17H25N/c1-12-9-10-15-14(11-12)13-7-5-6-8-16(13)18(4)17(15,2)3/h5-8,12,14-15H,9-11H2,1-4H3/t12-,14+,15-/m1/s1. The maximum absolute atomic E-state index is 2.51. The van der Waals surface area contributed by atoms with Crippen molar-refractivity contribution in [1.82, 2.24) is 0 Å². The monoisotopic (exact) mass is 243 g/mol. The lowest BCUT2D eigenvalue weighted by atomic mass is 9.62. The summed E-state index contributed by atoms with van der Waals surface area (Å²) in [6, 6.07) is 9.04. The first-order chi connectivity index (χ1) is 8.51. The zero-order valence-electron chi connectivity index (χ0n) is 12.1. The second kappa shape index (κ2) is 4.01. The van der Waals surface area contributed by atoms with E-state index in [-0.39, 0.29) is 0 Å². The third-order valence-corrected chi connectivity index (χ3v) is 5.58. The van der Waals surface area contributed by atoms with Gasteiger partial charge in [-0.3, -0.25) is 0 Å². The summed E-state index contributed by atoms with van der Waals surface area (Å²) >= 11 is 0. The van der Waals surface area contributed by atoms with Crippen LogP contribution in [-0.2, 0) is 0 Å². The molecule has 0 N–H and O–H groups in total. The third-order valence-electron chi connectivity index (χ3n) is 5.58. The fourth-order valence-electron chi connectivity index (χ4n) is 4.24. The normalized spacial score (nSPS) is 33.8. The molecule has 1 aromatic carbocycles. The Morgan fingerprint density at radius 1 is 1.17 bits per heavy atom. The fraction of sp³-hybridized carbons (Fsp3) is 0.647. The van der Waals surface area contributed by atoms with Crippen LogP contribution in [0.15, 0.2) is 24.3 Å². The number of benzene rings is 1. The fourth-order valence-corrected chi connectivity index (χ4v) is 4.24. The summed E-state index contributed by atoms with van der Waals surface area (Å²) in [7, 11) is 2.27. The van der Waals surface area contributed by atoms with Crippen molar-refractivity contribution < 1.29 is 0 Å². The molecule has 1 saturated carbocycles. The van der Waals surface area contributed by atoms with Crippen LogP contribution in [0.4, 0.5) is 5.69 Å². The average molecular weight is 243 g/mol. The van der Waals surface area contributed by atoms with Gasteiger partial charge in [-0.15, -0.1) is 0 Å². The lowest BCUT2D eigenvalue weighted by Gasteiger charge is -2.54. The van der Waals surface area contributed by atoms with Crippen LogP contribution in [0, 0.1) is 11.8 Å². The second-order valence-corrected chi connectivity index (χ2v) is 6.90. The highest BCUT2D eigenvalue weighted by Crippen LogP contribution is 2.53. The van der Waals surface area contributed by atoms with Crippen molar-refractivity contribution in [1.29, 1.82) is 0 Å². The summed E-state index contributed by atoms with van der Waals surface area (Å²) in [6.45, 7) is 7.28. The van der Waals surface area contributed by atoms with Crippen LogP contribution < -0.4 is 4.90 Å². The number of fused-ring (bicyclic) bond motifs is 3. The van der Waals surface area contributed by atoms with Crippen LogP contribution in [0.5, 0.6) is 0 Å². The predicted octanol–water partition coefficient (Wildman–Crippen LogP) is 4.43. The van der Waals surface area contributed by atoms with Crippen LogP contribution >= 0.6 is 0 Å². The van der Waals surface area contributed by atoms with Gasteiger partial charge in [-0.05, 0) is 56.1 Å². The summed E-state index contributed by atoms with van der Waals surface area (Å²) in [6.07, 6.45) is 4.16. The Morgan fingerprint density at radius 2 is 1.89 bits per heavy atom. The topological polar surface area (TPSA) is 3.24 Å². The molecule has 1 fully saturated rings. The van der Waals surface area contributed by atoms with Crippen molar-refractivity contribution in [3.8, 4) is 0 Å². The molecule has 1 heterocycles. The van der Waals surface area contributed by atoms with E-state index >= 15 is 0 Å². The maximum Gasteiger partial charge on any atom is 0.0403 e. The molecule has 0 bridgehead atoms. The van der Waals surface area contributed by atoms with E-state index in [9.17, 15) is 0 Å². The van der Waals surface area contributed by atoms with Crippen LogP contribution in [0.25, 0.3) is 0 Å². The molecule has 0 amide bonds. The quantitative estimate of drug-likeness (QED) is 0.651. The van der Waals surface area contributed by atoms with E-state index in [1.807, 2.05) is 0 Å². The number of hydrogen-bond donors (Lipinski definition) is 0. The number of nitrogens with zero attached hydrogens (tertiary/aromatic N) is 1. The van der Waals surface area contributed by atoms with E-state index in [0.29, 0.717) is 5.54 Å². The zero-order chi connectivity index (χ0) is 12.9. The van der Waals surface area contributed by atoms with Crippen molar-refractivity contribution in [3.63, 3.8) is 0 Å². The average Bonchev–Trinajstić information content (AvgIpc) is 2.36. The van der Waals surface area contributed by atoms with Crippen LogP contribution in [0.2, 0.25) is 0 Å². The molecule has 3 rings (SSSR count). The minimum Gasteiger partial charge on any atom is -0.369 e. The van der Waals surface area contributed by atoms with Gasteiger partial charge in [-0.2, -0.15) is 0 Å². The summed E-state index contributed by atoms with van der Waals surface area (Å²) in [5.41, 5.74) is 3.34. The molecule has 18 heavy (non-hydrogen) atoms. The Bertz CT molecular complexity index is 449. The van der Waals surface area contributed by atoms with E-state index < -0.39 is 0 Å². The molecule has 1 aromatic rings. The second-order valence-electron chi connectivity index (χ2n) is 6.90. The van der Waals surface area contributed by atoms with Crippen molar-refractivity contribution in [2.24, 2.45) is 11.8 Å². The molecule has 1 nitrogen and oxygen atoms in total. The predicted molar refractivity (Wildman–Crippen MR) is 78.2 cm³/mol. The van der Waals surface area contributed by atoms with Crippen LogP contribution in [0.3, 0.4) is 0 Å². The van der Waals surface area contributed by atoms with Crippen molar-refractivity contribution in [2.75, 3.05) is 11.9 Å². The summed E-state index contributed by atoms with van der Waals surface area (Å²) in [5, 5.41) is 0. The highest BCUT2D eigenvalue weighted by molar-refractivity contribution is 5.59. The summed E-state index contributed by atoms with van der Waals surface area (Å²) < 4.78 is 0. The molecular weight excluding hydrogens is 218 g/mol. The molecular formula is C17H25N. The number of rotatable bonds is 0. The zero-order valence-corrected chi connectivity index (χ0v) is 12.1. The lowest BCUT2D eigenvalue weighted by Crippen LogP contribution is -2.54. The van der Waals surface area contributed by atoms with Gasteiger partial charge in [-0.1, -0.05) is 31.5 Å². The van der Waals surface area contributed by atoms with E-state index in [1.165, 1.54) is 24.9 Å². The number of anilines is 1. The maximum atomic E-state index is 2.51. The third kappa shape index (κ3) is 1.60. The minimum atomic E-state index is 0.291. The molecule has 3 atom stereocenters. The molecule has 0 unspecified atom stereocenters. The molecule has 98 valence electrons. The van der Waals surface area contributed by atoms with Crippen molar-refractivity contribution in [2.45, 2.75) is 51.5 Å². The largest absolute Gasteiger partial charge is 0.369 e. The molecule has 0 aromatic heterocycles. The van der Waals surface area contributed by atoms with Gasteiger partial charge in [-0.25, -0.2) is 0 Å². The Hall–Kier alpha value is -0.980. The first kappa shape index (κ1) is 12.1. The van der Waals surface area contributed by atoms with Crippen LogP contribution in [0.1, 0.15) is 51.5 Å². The Balaban J connectivity index is 2.11. The molecule has 0 radical (unpaired) electrons. The van der Waals surface area contributed by atoms with Gasteiger partial charge in [0, 0.05) is 18.3 Å². The van der Waals surface area contributed by atoms with Gasteiger partial charge < -0.3 is 4.90 Å². The number of hydrogen-bond acceptors (Lipinski definition) is 1. The van der Waals surface area contributed by atoms with Gasteiger partial charge in [0.1, 0.15) is 0 Å². The SMILES string of the molecule is C[C@@H]1CC[C@@H]2[C@@H](C1)c1ccccc1N(C)C2(C)C. The first-order valence-corrected chi connectivity index (χ1v) is 7.34. The minimum absolute atomic E-state index is 0.291. The number of para-hydroxylation sites is 1. The highest BCUT2D eigenvalue weighted by atomic mass is 15.2. The van der Waals surface area contributed by atoms with Gasteiger partial charge in [0.25, 0.3) is 0 Å². The molecule has 0 saturated heterocycles. The molecule has 1 aliphatic heterocycles. The van der Waals surface area contributed by atoms with E-state index in [2.05, 4.69) is 57.0 Å². The van der Waals surface area contributed by atoms with E-state index in [4.69, 9.17) is 0 Å². The van der Waals surface area contributed by atoms with Gasteiger partial charge in [0.2, 0.25) is 0 Å². The lowest BCUT2D eigenvalue weighted by molar-refractivity contribution is 0.157. The highest BCUT2D eigenvalue weighted by Gasteiger charge is 2.46. The summed E-state index contributed by atoms with van der Waals surface area (Å²) in [4.78, 5) is 2.51. The van der Waals surface area contributed by atoms with Crippen molar-refractivity contribution in [3.05, 3.63) is 29.8 Å². The Labute approximate surface area is 111 Å². The molecule has 1 heteroatoms. The summed E-state index contributed by atoms with van der Waals surface area (Å²) in [5.74, 6) is 2.48. The Morgan fingerprint density at radius 3 is 2.67 bits per heavy atom. The van der Waals surface area contributed by atoms with Crippen LogP contribution in [-0.4, -0.2) is 12.6 Å². The molecule has 0 spiro atoms. The van der Waals surface area contributed by atoms with E-state index in [0.717, 1.165) is 17.8 Å². The van der Waals surface area contributed by atoms with Gasteiger partial charge in [0.15, 0.2) is 0 Å². The molecule has 2 aliphatic rings. The van der Waals surface area contributed by atoms with Gasteiger partial charge >= 0.3 is 0 Å². The Kier molecular flexibility index (Phi) is 2.69. The smallest absolute Gasteiger partial charge is 0.0403 e. The molecule has 1 aliphatic carbocycles. The first-order valence-electron chi connectivity index (χ1n) is 7.34. The van der Waals surface area contributed by atoms with Gasteiger partial charge in [0.05, 0.1) is 0 Å². The van der Waals surface area contributed by atoms with Crippen molar-refractivity contribution >= 4 is 5.69 Å². The van der Waals surface area contributed by atoms with E-state index in [1.54, 1.807) is 5.56 Å².